The van der Waals surface area contributed by atoms with Crippen LogP contribution in [0.2, 0.25) is 0 Å². The normalized spacial score (nSPS) is 11.1. The molecule has 0 saturated heterocycles. The van der Waals surface area contributed by atoms with Crippen LogP contribution in [0.5, 0.6) is 5.75 Å². The summed E-state index contributed by atoms with van der Waals surface area (Å²) in [6.45, 7) is 2.46. The van der Waals surface area contributed by atoms with Gasteiger partial charge in [-0.1, -0.05) is 6.92 Å². The third-order valence-corrected chi connectivity index (χ3v) is 1.69. The van der Waals surface area contributed by atoms with E-state index in [1.165, 1.54) is 12.1 Å². The van der Waals surface area contributed by atoms with Gasteiger partial charge in [0, 0.05) is 6.07 Å². The molecule has 1 radical (unpaired) electrons. The molecule has 0 aliphatic heterocycles. The summed E-state index contributed by atoms with van der Waals surface area (Å²) >= 11 is 0. The topological polar surface area (TPSA) is 9.23 Å². The van der Waals surface area contributed by atoms with Crippen molar-refractivity contribution in [3.8, 4) is 5.75 Å². The van der Waals surface area contributed by atoms with Crippen molar-refractivity contribution >= 4 is 0 Å². The zero-order chi connectivity index (χ0) is 10.7. The van der Waals surface area contributed by atoms with Gasteiger partial charge in [-0.3, -0.25) is 0 Å². The Bertz CT molecular complexity index is 310. The first-order chi connectivity index (χ1) is 6.49. The predicted molar refractivity (Wildman–Crippen MR) is 46.8 cm³/mol. The highest BCUT2D eigenvalue weighted by molar-refractivity contribution is 5.32. The van der Waals surface area contributed by atoms with Crippen molar-refractivity contribution in [1.29, 1.82) is 0 Å². The van der Waals surface area contributed by atoms with Crippen LogP contribution < -0.4 is 4.74 Å². The lowest BCUT2D eigenvalue weighted by molar-refractivity contribution is -0.0500. The van der Waals surface area contributed by atoms with E-state index in [1.807, 2.05) is 0 Å². The molecule has 14 heavy (non-hydrogen) atoms. The van der Waals surface area contributed by atoms with Crippen LogP contribution in [0.1, 0.15) is 18.4 Å². The zero-order valence-corrected chi connectivity index (χ0v) is 7.64. The molecule has 1 nitrogen and oxygen atoms in total. The maximum atomic E-state index is 12.9. The van der Waals surface area contributed by atoms with E-state index in [2.05, 4.69) is 11.7 Å². The van der Waals surface area contributed by atoms with E-state index in [1.54, 1.807) is 6.92 Å². The predicted octanol–water partition coefficient (Wildman–Crippen LogP) is 3.36. The molecule has 0 saturated carbocycles. The molecule has 0 aliphatic rings. The van der Waals surface area contributed by atoms with Crippen LogP contribution >= 0.6 is 0 Å². The second-order valence-corrected chi connectivity index (χ2v) is 3.00. The molecule has 0 aliphatic carbocycles. The third-order valence-electron chi connectivity index (χ3n) is 1.69. The van der Waals surface area contributed by atoms with Gasteiger partial charge in [-0.15, -0.1) is 0 Å². The van der Waals surface area contributed by atoms with E-state index in [0.29, 0.717) is 5.56 Å². The second-order valence-electron chi connectivity index (χ2n) is 3.00. The number of rotatable bonds is 3. The number of hydrogen-bond acceptors (Lipinski definition) is 1. The van der Waals surface area contributed by atoms with Gasteiger partial charge in [0.1, 0.15) is 11.6 Å². The van der Waals surface area contributed by atoms with Crippen LogP contribution in [-0.2, 0) is 0 Å². The molecule has 1 rings (SSSR count). The van der Waals surface area contributed by atoms with Crippen molar-refractivity contribution in [2.24, 2.45) is 0 Å². The van der Waals surface area contributed by atoms with E-state index < -0.39 is 12.4 Å². The van der Waals surface area contributed by atoms with Crippen LogP contribution in [0.4, 0.5) is 13.2 Å². The summed E-state index contributed by atoms with van der Waals surface area (Å²) in [7, 11) is 0. The number of hydrogen-bond donors (Lipinski definition) is 0. The summed E-state index contributed by atoms with van der Waals surface area (Å²) in [5.74, 6) is -0.954. The molecule has 0 amide bonds. The average Bonchev–Trinajstić information content (AvgIpc) is 2.01. The van der Waals surface area contributed by atoms with Gasteiger partial charge in [-0.2, -0.15) is 8.78 Å². The molecule has 0 bridgehead atoms. The minimum Gasteiger partial charge on any atom is -0.435 e. The molecular formula is C10H10F3O. The number of halogens is 3. The standard InChI is InChI=1S/C10H10F3O/c1-6(2)7-3-8(11)5-9(4-7)14-10(12)13/h3-6,10H,1H2,2H3. The highest BCUT2D eigenvalue weighted by atomic mass is 19.3. The van der Waals surface area contributed by atoms with Gasteiger partial charge in [-0.25, -0.2) is 4.39 Å². The molecule has 0 heterocycles. The molecule has 0 aromatic heterocycles. The molecular weight excluding hydrogens is 193 g/mol. The Hall–Kier alpha value is -1.19. The fourth-order valence-corrected chi connectivity index (χ4v) is 1.04. The molecule has 1 unspecified atom stereocenters. The summed E-state index contributed by atoms with van der Waals surface area (Å²) in [5, 5.41) is 0. The molecule has 0 spiro atoms. The zero-order valence-electron chi connectivity index (χ0n) is 7.64. The van der Waals surface area contributed by atoms with E-state index in [9.17, 15) is 13.2 Å². The summed E-state index contributed by atoms with van der Waals surface area (Å²) in [6, 6.07) is 3.51. The lowest BCUT2D eigenvalue weighted by Crippen LogP contribution is -2.03. The Balaban J connectivity index is 2.95. The SMILES string of the molecule is [CH2]C(C)c1cc(F)cc(OC(F)F)c1. The first-order valence-electron chi connectivity index (χ1n) is 4.07. The average molecular weight is 203 g/mol. The van der Waals surface area contributed by atoms with Crippen LogP contribution in [0.3, 0.4) is 0 Å². The first-order valence-corrected chi connectivity index (χ1v) is 4.07. The molecule has 1 atom stereocenters. The Morgan fingerprint density at radius 1 is 1.29 bits per heavy atom. The fraction of sp³-hybridized carbons (Fsp3) is 0.300. The van der Waals surface area contributed by atoms with Crippen LogP contribution in [0, 0.1) is 12.7 Å². The summed E-state index contributed by atoms with van der Waals surface area (Å²) < 4.78 is 40.6. The monoisotopic (exact) mass is 203 g/mol. The van der Waals surface area contributed by atoms with E-state index in [-0.39, 0.29) is 11.7 Å². The molecule has 1 aromatic rings. The first kappa shape index (κ1) is 10.9. The minimum absolute atomic E-state index is 0.175. The summed E-state index contributed by atoms with van der Waals surface area (Å²) in [6.07, 6.45) is 0. The number of ether oxygens (including phenoxy) is 1. The molecule has 77 valence electrons. The number of benzene rings is 1. The van der Waals surface area contributed by atoms with Gasteiger partial charge in [0.2, 0.25) is 0 Å². The smallest absolute Gasteiger partial charge is 0.387 e. The summed E-state index contributed by atoms with van der Waals surface area (Å²) in [4.78, 5) is 0. The van der Waals surface area contributed by atoms with Gasteiger partial charge in [0.05, 0.1) is 0 Å². The maximum absolute atomic E-state index is 12.9. The molecule has 4 heteroatoms. The Kier molecular flexibility index (Phi) is 3.38. The largest absolute Gasteiger partial charge is 0.435 e. The Morgan fingerprint density at radius 3 is 2.43 bits per heavy atom. The van der Waals surface area contributed by atoms with Gasteiger partial charge in [0.25, 0.3) is 0 Å². The van der Waals surface area contributed by atoms with Gasteiger partial charge < -0.3 is 4.74 Å². The fourth-order valence-electron chi connectivity index (χ4n) is 1.04. The van der Waals surface area contributed by atoms with Crippen molar-refractivity contribution in [3.63, 3.8) is 0 Å². The van der Waals surface area contributed by atoms with E-state index in [4.69, 9.17) is 0 Å². The van der Waals surface area contributed by atoms with Crippen molar-refractivity contribution < 1.29 is 17.9 Å². The Labute approximate surface area is 80.5 Å². The number of alkyl halides is 2. The third kappa shape index (κ3) is 2.94. The molecule has 0 fully saturated rings. The van der Waals surface area contributed by atoms with Crippen molar-refractivity contribution in [1.82, 2.24) is 0 Å². The van der Waals surface area contributed by atoms with Crippen molar-refractivity contribution in [3.05, 3.63) is 36.5 Å². The van der Waals surface area contributed by atoms with Crippen LogP contribution in [0.25, 0.3) is 0 Å². The van der Waals surface area contributed by atoms with Gasteiger partial charge in [0.15, 0.2) is 0 Å². The van der Waals surface area contributed by atoms with E-state index in [0.717, 1.165) is 6.07 Å². The lowest BCUT2D eigenvalue weighted by Gasteiger charge is -2.09. The lowest BCUT2D eigenvalue weighted by atomic mass is 10.0. The van der Waals surface area contributed by atoms with Crippen LogP contribution in [0.15, 0.2) is 18.2 Å². The Morgan fingerprint density at radius 2 is 1.93 bits per heavy atom. The van der Waals surface area contributed by atoms with Crippen molar-refractivity contribution in [2.45, 2.75) is 19.5 Å². The van der Waals surface area contributed by atoms with Gasteiger partial charge in [-0.05, 0) is 30.5 Å². The van der Waals surface area contributed by atoms with Gasteiger partial charge >= 0.3 is 6.61 Å². The minimum atomic E-state index is -2.94. The van der Waals surface area contributed by atoms with Crippen LogP contribution in [-0.4, -0.2) is 6.61 Å². The summed E-state index contributed by atoms with van der Waals surface area (Å²) in [5.41, 5.74) is 0.528. The highest BCUT2D eigenvalue weighted by Gasteiger charge is 2.08. The van der Waals surface area contributed by atoms with E-state index >= 15 is 0 Å². The maximum Gasteiger partial charge on any atom is 0.387 e. The quantitative estimate of drug-likeness (QED) is 0.731. The highest BCUT2D eigenvalue weighted by Crippen LogP contribution is 2.23. The molecule has 0 N–H and O–H groups in total. The van der Waals surface area contributed by atoms with Crippen molar-refractivity contribution in [2.75, 3.05) is 0 Å². The second kappa shape index (κ2) is 4.35. The molecule has 1 aromatic carbocycles.